The zero-order valence-electron chi connectivity index (χ0n) is 11.2. The highest BCUT2D eigenvalue weighted by atomic mass is 79.9. The van der Waals surface area contributed by atoms with Gasteiger partial charge in [0.2, 0.25) is 0 Å². The summed E-state index contributed by atoms with van der Waals surface area (Å²) in [5.41, 5.74) is 1.22. The number of ether oxygens (including phenoxy) is 1. The fourth-order valence-corrected chi connectivity index (χ4v) is 2.07. The van der Waals surface area contributed by atoms with Crippen molar-refractivity contribution in [1.29, 1.82) is 0 Å². The van der Waals surface area contributed by atoms with E-state index in [9.17, 15) is 4.39 Å². The quantitative estimate of drug-likeness (QED) is 0.906. The van der Waals surface area contributed by atoms with Crippen LogP contribution in [0.25, 0.3) is 11.5 Å². The van der Waals surface area contributed by atoms with Crippen LogP contribution in [0.4, 0.5) is 10.2 Å². The summed E-state index contributed by atoms with van der Waals surface area (Å²) >= 11 is 3.45. The molecule has 2 heterocycles. The van der Waals surface area contributed by atoms with Crippen LogP contribution in [0.15, 0.2) is 22.8 Å². The van der Waals surface area contributed by atoms with E-state index >= 15 is 0 Å². The lowest BCUT2D eigenvalue weighted by Crippen LogP contribution is -2.07. The number of rotatable bonds is 5. The number of anilines is 1. The van der Waals surface area contributed by atoms with Crippen LogP contribution in [0.5, 0.6) is 0 Å². The van der Waals surface area contributed by atoms with Crippen LogP contribution in [-0.4, -0.2) is 28.6 Å². The highest BCUT2D eigenvalue weighted by molar-refractivity contribution is 9.10. The third kappa shape index (κ3) is 3.29. The average Bonchev–Trinajstić information content (AvgIpc) is 2.44. The summed E-state index contributed by atoms with van der Waals surface area (Å²) in [6.07, 6.45) is 1.14. The number of halogens is 2. The summed E-state index contributed by atoms with van der Waals surface area (Å²) in [6.45, 7) is 3.04. The number of aromatic nitrogens is 3. The molecule has 0 saturated carbocycles. The standard InChI is InChI=1S/C13H14BrFN4O/c1-3-16-13-11(14)10(7-20-2)18-12(19-13)9-5-4-8(15)6-17-9/h4-6H,3,7H2,1-2H3,(H,16,18,19). The molecule has 7 heteroatoms. The molecule has 0 saturated heterocycles. The topological polar surface area (TPSA) is 59.9 Å². The van der Waals surface area contributed by atoms with Gasteiger partial charge in [-0.15, -0.1) is 0 Å². The number of methoxy groups -OCH3 is 1. The van der Waals surface area contributed by atoms with Crippen LogP contribution in [0, 0.1) is 5.82 Å². The summed E-state index contributed by atoms with van der Waals surface area (Å²) in [7, 11) is 1.59. The van der Waals surface area contributed by atoms with Crippen molar-refractivity contribution in [1.82, 2.24) is 15.0 Å². The van der Waals surface area contributed by atoms with Crippen LogP contribution >= 0.6 is 15.9 Å². The second kappa shape index (κ2) is 6.71. The first-order chi connectivity index (χ1) is 9.65. The first-order valence-electron chi connectivity index (χ1n) is 6.06. The monoisotopic (exact) mass is 340 g/mol. The maximum Gasteiger partial charge on any atom is 0.180 e. The van der Waals surface area contributed by atoms with Gasteiger partial charge >= 0.3 is 0 Å². The van der Waals surface area contributed by atoms with Gasteiger partial charge in [-0.1, -0.05) is 0 Å². The van der Waals surface area contributed by atoms with Crippen LogP contribution in [-0.2, 0) is 11.3 Å². The molecule has 0 fully saturated rings. The predicted molar refractivity (Wildman–Crippen MR) is 77.8 cm³/mol. The second-order valence-corrected chi connectivity index (χ2v) is 4.77. The molecule has 0 aliphatic carbocycles. The van der Waals surface area contributed by atoms with Gasteiger partial charge in [-0.3, -0.25) is 0 Å². The van der Waals surface area contributed by atoms with Crippen molar-refractivity contribution < 1.29 is 9.13 Å². The molecule has 0 spiro atoms. The number of nitrogens with zero attached hydrogens (tertiary/aromatic N) is 3. The third-order valence-corrected chi connectivity index (χ3v) is 3.33. The SMILES string of the molecule is CCNc1nc(-c2ccc(F)cn2)nc(COC)c1Br. The Balaban J connectivity index is 2.49. The minimum atomic E-state index is -0.394. The van der Waals surface area contributed by atoms with Crippen molar-refractivity contribution in [2.24, 2.45) is 0 Å². The van der Waals surface area contributed by atoms with E-state index in [0.29, 0.717) is 29.6 Å². The van der Waals surface area contributed by atoms with E-state index in [2.05, 4.69) is 36.2 Å². The van der Waals surface area contributed by atoms with E-state index in [1.165, 1.54) is 6.07 Å². The Kier molecular flexibility index (Phi) is 4.97. The van der Waals surface area contributed by atoms with E-state index in [4.69, 9.17) is 4.74 Å². The smallest absolute Gasteiger partial charge is 0.180 e. The van der Waals surface area contributed by atoms with Crippen LogP contribution in [0.3, 0.4) is 0 Å². The second-order valence-electron chi connectivity index (χ2n) is 3.98. The van der Waals surface area contributed by atoms with E-state index in [1.807, 2.05) is 6.92 Å². The highest BCUT2D eigenvalue weighted by Gasteiger charge is 2.13. The molecule has 20 heavy (non-hydrogen) atoms. The van der Waals surface area contributed by atoms with Crippen molar-refractivity contribution in [2.75, 3.05) is 19.0 Å². The van der Waals surface area contributed by atoms with Gasteiger partial charge in [0, 0.05) is 13.7 Å². The minimum absolute atomic E-state index is 0.343. The van der Waals surface area contributed by atoms with Crippen molar-refractivity contribution in [3.63, 3.8) is 0 Å². The Labute approximate surface area is 124 Å². The number of hydrogen-bond donors (Lipinski definition) is 1. The van der Waals surface area contributed by atoms with Gasteiger partial charge in [0.05, 0.1) is 23.0 Å². The molecular formula is C13H14BrFN4O. The summed E-state index contributed by atoms with van der Waals surface area (Å²) in [5.74, 6) is 0.696. The normalized spacial score (nSPS) is 10.6. The van der Waals surface area contributed by atoms with Crippen molar-refractivity contribution >= 4 is 21.7 Å². The fraction of sp³-hybridized carbons (Fsp3) is 0.308. The van der Waals surface area contributed by atoms with E-state index in [1.54, 1.807) is 13.2 Å². The molecule has 2 aromatic heterocycles. The maximum atomic E-state index is 12.9. The van der Waals surface area contributed by atoms with Gasteiger partial charge in [0.1, 0.15) is 17.3 Å². The molecule has 0 amide bonds. The molecule has 0 aromatic carbocycles. The van der Waals surface area contributed by atoms with Gasteiger partial charge < -0.3 is 10.1 Å². The Morgan fingerprint density at radius 2 is 2.15 bits per heavy atom. The molecule has 0 radical (unpaired) electrons. The van der Waals surface area contributed by atoms with Crippen LogP contribution < -0.4 is 5.32 Å². The lowest BCUT2D eigenvalue weighted by molar-refractivity contribution is 0.181. The lowest BCUT2D eigenvalue weighted by Gasteiger charge is -2.11. The Morgan fingerprint density at radius 1 is 1.35 bits per heavy atom. The number of pyridine rings is 1. The highest BCUT2D eigenvalue weighted by Crippen LogP contribution is 2.27. The Morgan fingerprint density at radius 3 is 2.75 bits per heavy atom. The zero-order valence-corrected chi connectivity index (χ0v) is 12.7. The summed E-state index contributed by atoms with van der Waals surface area (Å²) < 4.78 is 18.8. The number of nitrogens with one attached hydrogen (secondary N) is 1. The van der Waals surface area contributed by atoms with E-state index < -0.39 is 5.82 Å². The van der Waals surface area contributed by atoms with Crippen LogP contribution in [0.2, 0.25) is 0 Å². The minimum Gasteiger partial charge on any atom is -0.378 e. The molecule has 0 aliphatic rings. The van der Waals surface area contributed by atoms with Crippen LogP contribution in [0.1, 0.15) is 12.6 Å². The third-order valence-electron chi connectivity index (χ3n) is 2.50. The lowest BCUT2D eigenvalue weighted by atomic mass is 10.3. The van der Waals surface area contributed by atoms with Gasteiger partial charge in [0.15, 0.2) is 5.82 Å². The molecule has 5 nitrogen and oxygen atoms in total. The van der Waals surface area contributed by atoms with E-state index in [-0.39, 0.29) is 0 Å². The van der Waals surface area contributed by atoms with Gasteiger partial charge in [-0.2, -0.15) is 0 Å². The zero-order chi connectivity index (χ0) is 14.5. The molecule has 2 aromatic rings. The molecule has 2 rings (SSSR count). The first-order valence-corrected chi connectivity index (χ1v) is 6.86. The average molecular weight is 341 g/mol. The maximum absolute atomic E-state index is 12.9. The molecule has 0 unspecified atom stereocenters. The molecule has 1 N–H and O–H groups in total. The largest absolute Gasteiger partial charge is 0.378 e. The fourth-order valence-electron chi connectivity index (χ4n) is 1.63. The summed E-state index contributed by atoms with van der Waals surface area (Å²) in [6, 6.07) is 2.88. The number of hydrogen-bond acceptors (Lipinski definition) is 5. The van der Waals surface area contributed by atoms with Gasteiger partial charge in [0.25, 0.3) is 0 Å². The van der Waals surface area contributed by atoms with Crippen molar-refractivity contribution in [3.8, 4) is 11.5 Å². The van der Waals surface area contributed by atoms with Crippen molar-refractivity contribution in [2.45, 2.75) is 13.5 Å². The molecule has 0 bridgehead atoms. The summed E-state index contributed by atoms with van der Waals surface area (Å²) in [5, 5.41) is 3.14. The molecular weight excluding hydrogens is 327 g/mol. The Bertz CT molecular complexity index is 564. The summed E-state index contributed by atoms with van der Waals surface area (Å²) in [4.78, 5) is 12.8. The van der Waals surface area contributed by atoms with Gasteiger partial charge in [-0.05, 0) is 35.0 Å². The molecule has 0 atom stereocenters. The van der Waals surface area contributed by atoms with E-state index in [0.717, 1.165) is 17.2 Å². The molecule has 106 valence electrons. The molecule has 0 aliphatic heterocycles. The van der Waals surface area contributed by atoms with Gasteiger partial charge in [-0.25, -0.2) is 19.3 Å². The predicted octanol–water partition coefficient (Wildman–Crippen LogP) is 3.02. The van der Waals surface area contributed by atoms with Crippen molar-refractivity contribution in [3.05, 3.63) is 34.3 Å². The first kappa shape index (κ1) is 14.8. The Hall–Kier alpha value is -1.60.